The van der Waals surface area contributed by atoms with Crippen LogP contribution in [0.5, 0.6) is 0 Å². The first-order chi connectivity index (χ1) is 8.16. The summed E-state index contributed by atoms with van der Waals surface area (Å²) in [6.45, 7) is 7.28. The third-order valence-electron chi connectivity index (χ3n) is 2.39. The van der Waals surface area contributed by atoms with Crippen molar-refractivity contribution in [3.8, 4) is 0 Å². The molecule has 0 aliphatic heterocycles. The first kappa shape index (κ1) is 15.6. The molecule has 1 aromatic rings. The van der Waals surface area contributed by atoms with E-state index in [0.717, 1.165) is 4.88 Å². The first-order valence-electron chi connectivity index (χ1n) is 5.85. The molecule has 1 aromatic heterocycles. The summed E-state index contributed by atoms with van der Waals surface area (Å²) in [5.41, 5.74) is -0.0500. The van der Waals surface area contributed by atoms with Crippen molar-refractivity contribution in [3.63, 3.8) is 0 Å². The predicted molar refractivity (Wildman–Crippen MR) is 76.4 cm³/mol. The van der Waals surface area contributed by atoms with Gasteiger partial charge in [0, 0.05) is 30.4 Å². The zero-order chi connectivity index (χ0) is 14.0. The van der Waals surface area contributed by atoms with E-state index < -0.39 is 10.0 Å². The molecule has 0 aromatic carbocycles. The van der Waals surface area contributed by atoms with E-state index in [2.05, 4.69) is 5.32 Å². The van der Waals surface area contributed by atoms with E-state index in [4.69, 9.17) is 0 Å². The third-order valence-corrected chi connectivity index (χ3v) is 5.25. The highest BCUT2D eigenvalue weighted by molar-refractivity contribution is 7.89. The Morgan fingerprint density at radius 2 is 2.00 bits per heavy atom. The third kappa shape index (κ3) is 4.05. The van der Waals surface area contributed by atoms with Gasteiger partial charge in [0.2, 0.25) is 10.0 Å². The van der Waals surface area contributed by atoms with Crippen molar-refractivity contribution < 1.29 is 8.42 Å². The van der Waals surface area contributed by atoms with Gasteiger partial charge in [0.25, 0.3) is 0 Å². The summed E-state index contributed by atoms with van der Waals surface area (Å²) in [4.78, 5) is 1.42. The topological polar surface area (TPSA) is 49.4 Å². The maximum absolute atomic E-state index is 12.3. The number of sulfonamides is 1. The van der Waals surface area contributed by atoms with Crippen molar-refractivity contribution >= 4 is 21.4 Å². The molecule has 1 heterocycles. The molecule has 0 unspecified atom stereocenters. The fourth-order valence-electron chi connectivity index (χ4n) is 1.70. The second-order valence-corrected chi connectivity index (χ2v) is 8.64. The minimum atomic E-state index is -3.35. The molecule has 6 heteroatoms. The van der Waals surface area contributed by atoms with Crippen LogP contribution in [0, 0.1) is 5.41 Å². The van der Waals surface area contributed by atoms with Crippen LogP contribution in [0.15, 0.2) is 16.3 Å². The summed E-state index contributed by atoms with van der Waals surface area (Å²) in [6, 6.07) is 1.75. The zero-order valence-corrected chi connectivity index (χ0v) is 13.3. The fourth-order valence-corrected chi connectivity index (χ4v) is 4.37. The molecule has 1 N–H and O–H groups in total. The van der Waals surface area contributed by atoms with E-state index in [9.17, 15) is 8.42 Å². The van der Waals surface area contributed by atoms with Gasteiger partial charge >= 0.3 is 0 Å². The Kier molecular flexibility index (Phi) is 4.94. The average molecular weight is 290 g/mol. The number of hydrogen-bond donors (Lipinski definition) is 1. The van der Waals surface area contributed by atoms with Crippen molar-refractivity contribution in [2.24, 2.45) is 5.41 Å². The monoisotopic (exact) mass is 290 g/mol. The molecule has 0 aliphatic rings. The van der Waals surface area contributed by atoms with Gasteiger partial charge in [-0.3, -0.25) is 0 Å². The van der Waals surface area contributed by atoms with E-state index >= 15 is 0 Å². The highest BCUT2D eigenvalue weighted by atomic mass is 32.2. The highest BCUT2D eigenvalue weighted by Crippen LogP contribution is 2.24. The quantitative estimate of drug-likeness (QED) is 0.904. The lowest BCUT2D eigenvalue weighted by atomic mass is 9.97. The summed E-state index contributed by atoms with van der Waals surface area (Å²) in [6.07, 6.45) is 0. The Bertz CT molecular complexity index is 486. The van der Waals surface area contributed by atoms with Gasteiger partial charge in [0.05, 0.1) is 4.90 Å². The van der Waals surface area contributed by atoms with Crippen LogP contribution in [-0.2, 0) is 16.6 Å². The van der Waals surface area contributed by atoms with Crippen molar-refractivity contribution in [2.75, 3.05) is 20.6 Å². The molecule has 0 bridgehead atoms. The summed E-state index contributed by atoms with van der Waals surface area (Å²) >= 11 is 1.47. The van der Waals surface area contributed by atoms with Crippen LogP contribution in [0.4, 0.5) is 0 Å². The van der Waals surface area contributed by atoms with Gasteiger partial charge in [-0.25, -0.2) is 12.7 Å². The molecule has 0 fully saturated rings. The molecule has 1 rings (SSSR count). The van der Waals surface area contributed by atoms with Gasteiger partial charge in [-0.1, -0.05) is 20.8 Å². The van der Waals surface area contributed by atoms with Gasteiger partial charge in [0.1, 0.15) is 0 Å². The Balaban J connectivity index is 2.91. The number of nitrogens with one attached hydrogen (secondary N) is 1. The van der Waals surface area contributed by atoms with Crippen LogP contribution in [0.2, 0.25) is 0 Å². The Labute approximate surface area is 114 Å². The van der Waals surface area contributed by atoms with E-state index in [1.165, 1.54) is 15.6 Å². The lowest BCUT2D eigenvalue weighted by Gasteiger charge is -2.25. The minimum absolute atomic E-state index is 0.0500. The van der Waals surface area contributed by atoms with Crippen molar-refractivity contribution in [3.05, 3.63) is 16.3 Å². The van der Waals surface area contributed by atoms with Crippen LogP contribution in [-0.4, -0.2) is 33.4 Å². The van der Waals surface area contributed by atoms with E-state index in [1.54, 1.807) is 18.5 Å². The molecule has 0 saturated heterocycles. The van der Waals surface area contributed by atoms with Crippen molar-refractivity contribution in [2.45, 2.75) is 32.2 Å². The summed E-state index contributed by atoms with van der Waals surface area (Å²) in [5.74, 6) is 0. The smallest absolute Gasteiger partial charge is 0.243 e. The molecule has 0 saturated carbocycles. The molecule has 0 spiro atoms. The molecule has 4 nitrogen and oxygen atoms in total. The van der Waals surface area contributed by atoms with E-state index in [0.29, 0.717) is 18.0 Å². The van der Waals surface area contributed by atoms with Gasteiger partial charge in [-0.15, -0.1) is 11.3 Å². The van der Waals surface area contributed by atoms with Gasteiger partial charge in [-0.2, -0.15) is 0 Å². The number of rotatable bonds is 5. The van der Waals surface area contributed by atoms with Crippen LogP contribution in [0.3, 0.4) is 0 Å². The summed E-state index contributed by atoms with van der Waals surface area (Å²) in [7, 11) is 0.128. The standard InChI is InChI=1S/C12H22N2O2S2/c1-12(2,3)9-14(5)18(15,16)11-6-10(7-13-4)17-8-11/h6,8,13H,7,9H2,1-5H3. The van der Waals surface area contributed by atoms with Gasteiger partial charge < -0.3 is 5.32 Å². The number of nitrogens with zero attached hydrogens (tertiary/aromatic N) is 1. The van der Waals surface area contributed by atoms with E-state index in [-0.39, 0.29) is 5.41 Å². The Hall–Kier alpha value is -0.430. The molecule has 18 heavy (non-hydrogen) atoms. The zero-order valence-electron chi connectivity index (χ0n) is 11.6. The van der Waals surface area contributed by atoms with Gasteiger partial charge in [-0.05, 0) is 18.5 Å². The van der Waals surface area contributed by atoms with Crippen molar-refractivity contribution in [1.29, 1.82) is 0 Å². The second kappa shape index (κ2) is 5.69. The lowest BCUT2D eigenvalue weighted by molar-refractivity contribution is 0.311. The molecule has 104 valence electrons. The Morgan fingerprint density at radius 1 is 1.39 bits per heavy atom. The molecule has 0 atom stereocenters. The van der Waals surface area contributed by atoms with Crippen molar-refractivity contribution in [1.82, 2.24) is 9.62 Å². The maximum atomic E-state index is 12.3. The minimum Gasteiger partial charge on any atom is -0.315 e. The second-order valence-electron chi connectivity index (χ2n) is 5.60. The Morgan fingerprint density at radius 3 is 2.50 bits per heavy atom. The number of hydrogen-bond acceptors (Lipinski definition) is 4. The molecular weight excluding hydrogens is 268 g/mol. The molecule has 0 radical (unpaired) electrons. The normalized spacial score (nSPS) is 13.2. The fraction of sp³-hybridized carbons (Fsp3) is 0.667. The SMILES string of the molecule is CNCc1cc(S(=O)(=O)N(C)CC(C)(C)C)cs1. The van der Waals surface area contributed by atoms with Crippen LogP contribution >= 0.6 is 11.3 Å². The van der Waals surface area contributed by atoms with E-state index in [1.807, 2.05) is 27.8 Å². The molecule has 0 aliphatic carbocycles. The van der Waals surface area contributed by atoms with Crippen LogP contribution in [0.25, 0.3) is 0 Å². The predicted octanol–water partition coefficient (Wildman–Crippen LogP) is 2.13. The van der Waals surface area contributed by atoms with Crippen LogP contribution < -0.4 is 5.32 Å². The lowest BCUT2D eigenvalue weighted by Crippen LogP contribution is -2.34. The van der Waals surface area contributed by atoms with Gasteiger partial charge in [0.15, 0.2) is 0 Å². The summed E-state index contributed by atoms with van der Waals surface area (Å²) < 4.78 is 26.1. The summed E-state index contributed by atoms with van der Waals surface area (Å²) in [5, 5.41) is 4.73. The first-order valence-corrected chi connectivity index (χ1v) is 8.17. The molecule has 0 amide bonds. The average Bonchev–Trinajstić information content (AvgIpc) is 2.64. The van der Waals surface area contributed by atoms with Crippen LogP contribution in [0.1, 0.15) is 25.6 Å². The highest BCUT2D eigenvalue weighted by Gasteiger charge is 2.26. The maximum Gasteiger partial charge on any atom is 0.243 e. The number of thiophene rings is 1. The molecular formula is C12H22N2O2S2. The largest absolute Gasteiger partial charge is 0.315 e.